The van der Waals surface area contributed by atoms with Gasteiger partial charge >= 0.3 is 0 Å². The summed E-state index contributed by atoms with van der Waals surface area (Å²) in [7, 11) is 5.23. The van der Waals surface area contributed by atoms with Crippen molar-refractivity contribution in [3.8, 4) is 11.5 Å². The Morgan fingerprint density at radius 1 is 1.28 bits per heavy atom. The zero-order valence-corrected chi connectivity index (χ0v) is 11.5. The first-order chi connectivity index (χ1) is 8.56. The van der Waals surface area contributed by atoms with Gasteiger partial charge in [0.2, 0.25) is 0 Å². The van der Waals surface area contributed by atoms with Gasteiger partial charge in [-0.25, -0.2) is 0 Å². The molecule has 0 saturated carbocycles. The number of carbonyl (C=O) groups excluding carboxylic acids is 1. The zero-order valence-electron chi connectivity index (χ0n) is 11.5. The number of ether oxygens (including phenoxy) is 2. The molecule has 0 aliphatic carbocycles. The topological polar surface area (TPSA) is 38.8 Å². The van der Waals surface area contributed by atoms with Crippen LogP contribution in [0.15, 0.2) is 18.2 Å². The van der Waals surface area contributed by atoms with Gasteiger partial charge in [0, 0.05) is 12.6 Å². The molecule has 0 aliphatic heterocycles. The summed E-state index contributed by atoms with van der Waals surface area (Å²) >= 11 is 0. The van der Waals surface area contributed by atoms with Crippen LogP contribution >= 0.6 is 0 Å². The summed E-state index contributed by atoms with van der Waals surface area (Å²) in [5.74, 6) is 1.79. The predicted octanol–water partition coefficient (Wildman–Crippen LogP) is 1.77. The number of benzene rings is 1. The molecule has 0 atom stereocenters. The predicted molar refractivity (Wildman–Crippen MR) is 71.4 cm³/mol. The molecular weight excluding hydrogens is 230 g/mol. The molecule has 0 amide bonds. The SMILES string of the molecule is COc1ccc(CCN(C)CC(C)=O)c(OC)c1. The van der Waals surface area contributed by atoms with Crippen molar-refractivity contribution in [3.05, 3.63) is 23.8 Å². The van der Waals surface area contributed by atoms with Gasteiger partial charge in [0.15, 0.2) is 0 Å². The Hall–Kier alpha value is -1.55. The Labute approximate surface area is 108 Å². The summed E-state index contributed by atoms with van der Waals surface area (Å²) < 4.78 is 10.5. The van der Waals surface area contributed by atoms with E-state index >= 15 is 0 Å². The molecule has 0 bridgehead atoms. The standard InChI is InChI=1S/C14H21NO3/c1-11(16)10-15(2)8-7-12-5-6-13(17-3)9-14(12)18-4/h5-6,9H,7-8,10H2,1-4H3. The van der Waals surface area contributed by atoms with Gasteiger partial charge in [-0.15, -0.1) is 0 Å². The lowest BCUT2D eigenvalue weighted by Gasteiger charge is -2.16. The minimum Gasteiger partial charge on any atom is -0.497 e. The van der Waals surface area contributed by atoms with E-state index in [0.29, 0.717) is 6.54 Å². The summed E-state index contributed by atoms with van der Waals surface area (Å²) in [6.45, 7) is 2.91. The molecule has 100 valence electrons. The molecule has 1 aromatic rings. The molecule has 1 aromatic carbocycles. The fourth-order valence-electron chi connectivity index (χ4n) is 1.83. The lowest BCUT2D eigenvalue weighted by atomic mass is 10.1. The minimum atomic E-state index is 0.180. The Bertz CT molecular complexity index is 404. The number of carbonyl (C=O) groups is 1. The van der Waals surface area contributed by atoms with Crippen LogP contribution in [0.2, 0.25) is 0 Å². The normalized spacial score (nSPS) is 10.5. The number of Topliss-reactive ketones (excluding diaryl/α,β-unsaturated/α-hetero) is 1. The number of methoxy groups -OCH3 is 2. The van der Waals surface area contributed by atoms with Crippen molar-refractivity contribution >= 4 is 5.78 Å². The van der Waals surface area contributed by atoms with E-state index in [1.54, 1.807) is 21.1 Å². The van der Waals surface area contributed by atoms with Crippen molar-refractivity contribution in [2.45, 2.75) is 13.3 Å². The second-order valence-electron chi connectivity index (χ2n) is 4.37. The summed E-state index contributed by atoms with van der Waals surface area (Å²) in [4.78, 5) is 13.0. The van der Waals surface area contributed by atoms with Crippen molar-refractivity contribution in [1.29, 1.82) is 0 Å². The van der Waals surface area contributed by atoms with Crippen LogP contribution in [-0.2, 0) is 11.2 Å². The molecule has 1 rings (SSSR count). The fourth-order valence-corrected chi connectivity index (χ4v) is 1.83. The van der Waals surface area contributed by atoms with Crippen LogP contribution in [-0.4, -0.2) is 45.0 Å². The van der Waals surface area contributed by atoms with Gasteiger partial charge in [0.25, 0.3) is 0 Å². The highest BCUT2D eigenvalue weighted by molar-refractivity contribution is 5.77. The minimum absolute atomic E-state index is 0.180. The van der Waals surface area contributed by atoms with Crippen LogP contribution in [0.25, 0.3) is 0 Å². The van der Waals surface area contributed by atoms with Crippen molar-refractivity contribution in [3.63, 3.8) is 0 Å². The quantitative estimate of drug-likeness (QED) is 0.740. The van der Waals surface area contributed by atoms with Gasteiger partial charge in [0.1, 0.15) is 17.3 Å². The first-order valence-corrected chi connectivity index (χ1v) is 5.95. The third-order valence-electron chi connectivity index (χ3n) is 2.75. The van der Waals surface area contributed by atoms with E-state index < -0.39 is 0 Å². The van der Waals surface area contributed by atoms with Crippen LogP contribution in [0.4, 0.5) is 0 Å². The van der Waals surface area contributed by atoms with Crippen molar-refractivity contribution in [2.24, 2.45) is 0 Å². The molecule has 4 nitrogen and oxygen atoms in total. The van der Waals surface area contributed by atoms with Gasteiger partial charge in [-0.2, -0.15) is 0 Å². The zero-order chi connectivity index (χ0) is 13.5. The van der Waals surface area contributed by atoms with E-state index in [9.17, 15) is 4.79 Å². The van der Waals surface area contributed by atoms with Gasteiger partial charge in [-0.3, -0.25) is 9.69 Å². The molecular formula is C14H21NO3. The van der Waals surface area contributed by atoms with Crippen LogP contribution in [0, 0.1) is 0 Å². The van der Waals surface area contributed by atoms with Crippen molar-refractivity contribution < 1.29 is 14.3 Å². The third-order valence-corrected chi connectivity index (χ3v) is 2.75. The van der Waals surface area contributed by atoms with Crippen molar-refractivity contribution in [1.82, 2.24) is 4.90 Å². The molecule has 0 aromatic heterocycles. The van der Waals surface area contributed by atoms with Crippen LogP contribution in [0.1, 0.15) is 12.5 Å². The second-order valence-corrected chi connectivity index (χ2v) is 4.37. The lowest BCUT2D eigenvalue weighted by molar-refractivity contribution is -0.117. The number of hydrogen-bond acceptors (Lipinski definition) is 4. The van der Waals surface area contributed by atoms with Crippen molar-refractivity contribution in [2.75, 3.05) is 34.4 Å². The maximum Gasteiger partial charge on any atom is 0.143 e. The molecule has 0 saturated heterocycles. The monoisotopic (exact) mass is 251 g/mol. The highest BCUT2D eigenvalue weighted by Crippen LogP contribution is 2.24. The first kappa shape index (κ1) is 14.5. The summed E-state index contributed by atoms with van der Waals surface area (Å²) in [5, 5.41) is 0. The molecule has 0 spiro atoms. The summed E-state index contributed by atoms with van der Waals surface area (Å²) in [6.07, 6.45) is 0.844. The molecule has 0 radical (unpaired) electrons. The van der Waals surface area contributed by atoms with E-state index in [4.69, 9.17) is 9.47 Å². The second kappa shape index (κ2) is 7.01. The van der Waals surface area contributed by atoms with Gasteiger partial charge in [0.05, 0.1) is 20.8 Å². The average Bonchev–Trinajstić information content (AvgIpc) is 2.35. The van der Waals surface area contributed by atoms with E-state index in [1.165, 1.54) is 0 Å². The summed E-state index contributed by atoms with van der Waals surface area (Å²) in [6, 6.07) is 5.79. The first-order valence-electron chi connectivity index (χ1n) is 5.95. The highest BCUT2D eigenvalue weighted by atomic mass is 16.5. The number of ketones is 1. The van der Waals surface area contributed by atoms with E-state index in [2.05, 4.69) is 0 Å². The Balaban J connectivity index is 2.64. The van der Waals surface area contributed by atoms with Gasteiger partial charge in [-0.1, -0.05) is 6.07 Å². The van der Waals surface area contributed by atoms with Gasteiger partial charge in [-0.05, 0) is 32.0 Å². The van der Waals surface area contributed by atoms with Crippen LogP contribution in [0.5, 0.6) is 11.5 Å². The van der Waals surface area contributed by atoms with E-state index in [1.807, 2.05) is 30.1 Å². The fraction of sp³-hybridized carbons (Fsp3) is 0.500. The molecule has 0 aliphatic rings. The average molecular weight is 251 g/mol. The smallest absolute Gasteiger partial charge is 0.143 e. The Morgan fingerprint density at radius 3 is 2.56 bits per heavy atom. The number of likely N-dealkylation sites (N-methyl/N-ethyl adjacent to an activating group) is 1. The highest BCUT2D eigenvalue weighted by Gasteiger charge is 2.07. The molecule has 0 fully saturated rings. The Kier molecular flexibility index (Phi) is 5.65. The lowest BCUT2D eigenvalue weighted by Crippen LogP contribution is -2.26. The summed E-state index contributed by atoms with van der Waals surface area (Å²) in [5.41, 5.74) is 1.12. The van der Waals surface area contributed by atoms with E-state index in [-0.39, 0.29) is 5.78 Å². The number of rotatable bonds is 7. The largest absolute Gasteiger partial charge is 0.497 e. The molecule has 0 heterocycles. The third kappa shape index (κ3) is 4.37. The maximum absolute atomic E-state index is 11.0. The Morgan fingerprint density at radius 2 is 2.00 bits per heavy atom. The number of nitrogens with zero attached hydrogens (tertiary/aromatic N) is 1. The molecule has 18 heavy (non-hydrogen) atoms. The number of hydrogen-bond donors (Lipinski definition) is 0. The van der Waals surface area contributed by atoms with Crippen LogP contribution in [0.3, 0.4) is 0 Å². The molecule has 0 N–H and O–H groups in total. The van der Waals surface area contributed by atoms with E-state index in [0.717, 1.165) is 30.0 Å². The molecule has 0 unspecified atom stereocenters. The van der Waals surface area contributed by atoms with Crippen LogP contribution < -0.4 is 9.47 Å². The maximum atomic E-state index is 11.0. The van der Waals surface area contributed by atoms with Gasteiger partial charge < -0.3 is 9.47 Å². The molecule has 4 heteroatoms.